The maximum absolute atomic E-state index is 14.3. The largest absolute Gasteiger partial charge is 0.490 e. The quantitative estimate of drug-likeness (QED) is 0.272. The molecule has 0 saturated carbocycles. The minimum atomic E-state index is -0.661. The van der Waals surface area contributed by atoms with Gasteiger partial charge >= 0.3 is 0 Å². The number of carbonyl (C=O) groups excluding carboxylic acids is 1. The highest BCUT2D eigenvalue weighted by Gasteiger charge is 2.35. The van der Waals surface area contributed by atoms with E-state index in [1.165, 1.54) is 12.1 Å². The summed E-state index contributed by atoms with van der Waals surface area (Å²) in [6.45, 7) is 7.88. The second-order valence-corrected chi connectivity index (χ2v) is 9.75. The van der Waals surface area contributed by atoms with Crippen LogP contribution < -0.4 is 20.1 Å². The summed E-state index contributed by atoms with van der Waals surface area (Å²) in [6.07, 6.45) is 0. The number of aryl methyl sites for hydroxylation is 1. The van der Waals surface area contributed by atoms with E-state index in [2.05, 4.69) is 26.2 Å². The Morgan fingerprint density at radius 3 is 2.67 bits per heavy atom. The Bertz CT molecular complexity index is 1600. The molecule has 0 spiro atoms. The monoisotopic (exact) mass is 562 g/mol. The van der Waals surface area contributed by atoms with Crippen LogP contribution in [0.3, 0.4) is 0 Å². The average Bonchev–Trinajstić information content (AvgIpc) is 3.39. The summed E-state index contributed by atoms with van der Waals surface area (Å²) in [5.74, 6) is 0.476. The van der Waals surface area contributed by atoms with Crippen molar-refractivity contribution in [1.29, 1.82) is 0 Å². The van der Waals surface area contributed by atoms with Gasteiger partial charge in [-0.25, -0.2) is 4.39 Å². The number of hydrogen-bond acceptors (Lipinski definition) is 7. The molecule has 0 fully saturated rings. The van der Waals surface area contributed by atoms with Crippen LogP contribution >= 0.6 is 11.6 Å². The smallest absolute Gasteiger partial charge is 0.255 e. The van der Waals surface area contributed by atoms with E-state index in [1.54, 1.807) is 28.9 Å². The number of carbonyl (C=O) groups is 1. The fourth-order valence-electron chi connectivity index (χ4n) is 4.59. The number of ether oxygens (including phenoxy) is 2. The van der Waals surface area contributed by atoms with Gasteiger partial charge in [-0.1, -0.05) is 41.0 Å². The molecule has 40 heavy (non-hydrogen) atoms. The van der Waals surface area contributed by atoms with E-state index in [9.17, 15) is 9.18 Å². The van der Waals surface area contributed by atoms with Crippen LogP contribution in [0.4, 0.5) is 16.0 Å². The predicted molar refractivity (Wildman–Crippen MR) is 150 cm³/mol. The van der Waals surface area contributed by atoms with Crippen LogP contribution in [0.2, 0.25) is 5.02 Å². The summed E-state index contributed by atoms with van der Waals surface area (Å²) in [6, 6.07) is 14.9. The molecule has 1 aliphatic rings. The van der Waals surface area contributed by atoms with Crippen molar-refractivity contribution in [2.24, 2.45) is 0 Å². The average molecular weight is 563 g/mol. The lowest BCUT2D eigenvalue weighted by molar-refractivity contribution is -0.113. The lowest BCUT2D eigenvalue weighted by Gasteiger charge is -2.28. The third-order valence-electron chi connectivity index (χ3n) is 6.83. The fourth-order valence-corrected chi connectivity index (χ4v) is 4.81. The van der Waals surface area contributed by atoms with Crippen molar-refractivity contribution in [2.45, 2.75) is 40.3 Å². The Hall–Kier alpha value is -4.44. The van der Waals surface area contributed by atoms with Crippen LogP contribution in [-0.4, -0.2) is 32.7 Å². The molecule has 1 atom stereocenters. The maximum atomic E-state index is 14.3. The van der Waals surface area contributed by atoms with E-state index in [-0.39, 0.29) is 23.1 Å². The standard InChI is InChI=1S/C29H28ClFN6O3/c1-5-39-25-14-19(12-13-24(25)40-15-20-21(30)9-7-10-22(20)31)27-26(18(4)32-29-34-35-36-37(27)29)28(38)33-23-11-6-8-16(2)17(23)3/h6-14,27H,5,15H2,1-4H3,(H,33,38)(H,32,34,36). The van der Waals surface area contributed by atoms with Gasteiger partial charge in [0.1, 0.15) is 18.5 Å². The van der Waals surface area contributed by atoms with Crippen LogP contribution in [0.1, 0.15) is 42.1 Å². The van der Waals surface area contributed by atoms with Crippen LogP contribution in [0, 0.1) is 19.7 Å². The normalized spacial score (nSPS) is 14.4. The topological polar surface area (TPSA) is 103 Å². The molecule has 0 radical (unpaired) electrons. The van der Waals surface area contributed by atoms with Crippen LogP contribution in [0.5, 0.6) is 11.5 Å². The molecule has 1 amide bonds. The van der Waals surface area contributed by atoms with Gasteiger partial charge in [0, 0.05) is 16.9 Å². The number of hydrogen-bond donors (Lipinski definition) is 2. The Labute approximate surface area is 235 Å². The molecule has 3 aromatic carbocycles. The van der Waals surface area contributed by atoms with Gasteiger partial charge in [0.05, 0.1) is 17.2 Å². The molecule has 2 N–H and O–H groups in total. The first-order chi connectivity index (χ1) is 19.3. The zero-order chi connectivity index (χ0) is 28.4. The molecule has 1 aromatic heterocycles. The molecule has 9 nitrogen and oxygen atoms in total. The van der Waals surface area contributed by atoms with Crippen LogP contribution in [0.25, 0.3) is 0 Å². The van der Waals surface area contributed by atoms with Crippen LogP contribution in [0.15, 0.2) is 65.9 Å². The first-order valence-corrected chi connectivity index (χ1v) is 13.1. The summed E-state index contributed by atoms with van der Waals surface area (Å²) in [5, 5.41) is 18.5. The molecule has 11 heteroatoms. The number of rotatable bonds is 8. The number of nitrogens with zero attached hydrogens (tertiary/aromatic N) is 4. The second-order valence-electron chi connectivity index (χ2n) is 9.34. The first-order valence-electron chi connectivity index (χ1n) is 12.7. The van der Waals surface area contributed by atoms with Gasteiger partial charge in [-0.15, -0.1) is 0 Å². The van der Waals surface area contributed by atoms with E-state index in [1.807, 2.05) is 45.9 Å². The highest BCUT2D eigenvalue weighted by molar-refractivity contribution is 6.31. The van der Waals surface area contributed by atoms with E-state index >= 15 is 0 Å². The molecule has 0 saturated heterocycles. The number of fused-ring (bicyclic) bond motifs is 1. The maximum Gasteiger partial charge on any atom is 0.255 e. The third kappa shape index (κ3) is 5.22. The number of benzene rings is 3. The third-order valence-corrected chi connectivity index (χ3v) is 7.18. The number of nitrogens with one attached hydrogen (secondary N) is 2. The van der Waals surface area contributed by atoms with Gasteiger partial charge in [-0.05, 0) is 85.1 Å². The van der Waals surface area contributed by atoms with Crippen molar-refractivity contribution in [2.75, 3.05) is 17.2 Å². The van der Waals surface area contributed by atoms with Crippen molar-refractivity contribution in [3.8, 4) is 11.5 Å². The lowest BCUT2D eigenvalue weighted by atomic mass is 9.94. The van der Waals surface area contributed by atoms with Crippen molar-refractivity contribution in [1.82, 2.24) is 20.2 Å². The zero-order valence-electron chi connectivity index (χ0n) is 22.5. The number of tetrazole rings is 1. The highest BCUT2D eigenvalue weighted by Crippen LogP contribution is 2.39. The summed E-state index contributed by atoms with van der Waals surface area (Å²) in [7, 11) is 0. The molecule has 2 heterocycles. The van der Waals surface area contributed by atoms with Gasteiger partial charge < -0.3 is 20.1 Å². The highest BCUT2D eigenvalue weighted by atomic mass is 35.5. The van der Waals surface area contributed by atoms with E-state index in [0.717, 1.165) is 16.8 Å². The van der Waals surface area contributed by atoms with E-state index in [0.29, 0.717) is 40.9 Å². The van der Waals surface area contributed by atoms with E-state index < -0.39 is 11.9 Å². The van der Waals surface area contributed by atoms with Crippen LogP contribution in [-0.2, 0) is 11.4 Å². The molecular formula is C29H28ClFN6O3. The first kappa shape index (κ1) is 27.1. The Morgan fingerprint density at radius 1 is 1.10 bits per heavy atom. The molecule has 1 aliphatic heterocycles. The molecule has 0 bridgehead atoms. The molecule has 1 unspecified atom stereocenters. The predicted octanol–water partition coefficient (Wildman–Crippen LogP) is 5.99. The summed E-state index contributed by atoms with van der Waals surface area (Å²) >= 11 is 6.17. The molecule has 0 aliphatic carbocycles. The molecule has 5 rings (SSSR count). The molecule has 206 valence electrons. The summed E-state index contributed by atoms with van der Waals surface area (Å²) in [5.41, 5.74) is 4.76. The van der Waals surface area contributed by atoms with E-state index in [4.69, 9.17) is 21.1 Å². The van der Waals surface area contributed by atoms with Gasteiger partial charge in [0.15, 0.2) is 11.5 Å². The Kier molecular flexibility index (Phi) is 7.70. The SMILES string of the molecule is CCOc1cc(C2C(C(=O)Nc3cccc(C)c3C)=C(C)Nc3nnnn32)ccc1OCc1c(F)cccc1Cl. The lowest BCUT2D eigenvalue weighted by Crippen LogP contribution is -2.31. The van der Waals surface area contributed by atoms with Crippen molar-refractivity contribution < 1.29 is 18.7 Å². The van der Waals surface area contributed by atoms with Crippen molar-refractivity contribution >= 4 is 29.1 Å². The number of aromatic nitrogens is 4. The van der Waals surface area contributed by atoms with Gasteiger partial charge in [0.25, 0.3) is 5.91 Å². The summed E-state index contributed by atoms with van der Waals surface area (Å²) < 4.78 is 27.7. The minimum absolute atomic E-state index is 0.0854. The number of allylic oxidation sites excluding steroid dienone is 1. The second kappa shape index (κ2) is 11.4. The number of amides is 1. The minimum Gasteiger partial charge on any atom is -0.490 e. The fraction of sp³-hybridized carbons (Fsp3) is 0.241. The van der Waals surface area contributed by atoms with Crippen molar-refractivity contribution in [3.05, 3.63) is 99.0 Å². The Balaban J connectivity index is 1.51. The van der Waals surface area contributed by atoms with Gasteiger partial charge in [0.2, 0.25) is 5.95 Å². The zero-order valence-corrected chi connectivity index (χ0v) is 23.2. The Morgan fingerprint density at radius 2 is 1.90 bits per heavy atom. The summed E-state index contributed by atoms with van der Waals surface area (Å²) in [4.78, 5) is 13.8. The molecule has 4 aromatic rings. The van der Waals surface area contributed by atoms with Gasteiger partial charge in [-0.2, -0.15) is 4.68 Å². The number of anilines is 2. The van der Waals surface area contributed by atoms with Gasteiger partial charge in [-0.3, -0.25) is 4.79 Å². The van der Waals surface area contributed by atoms with Crippen molar-refractivity contribution in [3.63, 3.8) is 0 Å². The number of halogens is 2. The molecular weight excluding hydrogens is 535 g/mol.